The Morgan fingerprint density at radius 3 is 2.95 bits per heavy atom. The Kier molecular flexibility index (Phi) is 3.12. The molecule has 0 bridgehead atoms. The van der Waals surface area contributed by atoms with E-state index in [0.29, 0.717) is 17.6 Å². The predicted octanol–water partition coefficient (Wildman–Crippen LogP) is 2.75. The molecule has 1 aromatic carbocycles. The zero-order valence-electron chi connectivity index (χ0n) is 11.6. The summed E-state index contributed by atoms with van der Waals surface area (Å²) < 4.78 is 5.43. The third kappa shape index (κ3) is 2.40. The fraction of sp³-hybridized carbons (Fsp3) is 0.312. The van der Waals surface area contributed by atoms with Gasteiger partial charge in [-0.05, 0) is 31.5 Å². The highest BCUT2D eigenvalue weighted by Gasteiger charge is 2.22. The first-order valence-electron chi connectivity index (χ1n) is 7.31. The number of rotatable bonds is 2. The van der Waals surface area contributed by atoms with E-state index in [0.717, 1.165) is 42.5 Å². The van der Waals surface area contributed by atoms with Crippen LogP contribution in [0.1, 0.15) is 24.7 Å². The molecule has 5 heteroatoms. The van der Waals surface area contributed by atoms with Crippen molar-refractivity contribution in [1.29, 1.82) is 0 Å². The van der Waals surface area contributed by atoms with Gasteiger partial charge < -0.3 is 9.84 Å². The number of fused-ring (bicyclic) bond motifs is 1. The Hall–Kier alpha value is -2.27. The SMILES string of the molecule is c1ccc2nc(-c3noc([C@H]4CCCNC4)n3)ccc2c1. The van der Waals surface area contributed by atoms with Crippen molar-refractivity contribution < 1.29 is 4.52 Å². The molecule has 0 aliphatic carbocycles. The molecule has 4 rings (SSSR count). The predicted molar refractivity (Wildman–Crippen MR) is 79.9 cm³/mol. The molecule has 0 spiro atoms. The minimum Gasteiger partial charge on any atom is -0.339 e. The first-order valence-corrected chi connectivity index (χ1v) is 7.31. The van der Waals surface area contributed by atoms with Crippen LogP contribution < -0.4 is 5.32 Å². The highest BCUT2D eigenvalue weighted by molar-refractivity contribution is 5.80. The summed E-state index contributed by atoms with van der Waals surface area (Å²) in [6, 6.07) is 12.0. The third-order valence-electron chi connectivity index (χ3n) is 3.92. The first kappa shape index (κ1) is 12.5. The maximum absolute atomic E-state index is 5.43. The fourth-order valence-electron chi connectivity index (χ4n) is 2.76. The Balaban J connectivity index is 1.67. The molecule has 3 aromatic rings. The molecule has 106 valence electrons. The van der Waals surface area contributed by atoms with Gasteiger partial charge in [-0.15, -0.1) is 0 Å². The Labute approximate surface area is 122 Å². The van der Waals surface area contributed by atoms with Crippen LogP contribution in [0, 0.1) is 0 Å². The number of hydrogen-bond donors (Lipinski definition) is 1. The molecule has 0 amide bonds. The first-order chi connectivity index (χ1) is 10.4. The maximum atomic E-state index is 5.43. The number of piperidine rings is 1. The van der Waals surface area contributed by atoms with Crippen LogP contribution in [0.2, 0.25) is 0 Å². The molecular formula is C16H16N4O. The normalized spacial score (nSPS) is 19.0. The topological polar surface area (TPSA) is 63.8 Å². The molecule has 1 fully saturated rings. The van der Waals surface area contributed by atoms with Gasteiger partial charge in [0.1, 0.15) is 5.69 Å². The van der Waals surface area contributed by atoms with Gasteiger partial charge in [-0.2, -0.15) is 4.98 Å². The summed E-state index contributed by atoms with van der Waals surface area (Å²) >= 11 is 0. The van der Waals surface area contributed by atoms with Crippen molar-refractivity contribution in [2.24, 2.45) is 0 Å². The number of hydrogen-bond acceptors (Lipinski definition) is 5. The van der Waals surface area contributed by atoms with Crippen molar-refractivity contribution >= 4 is 10.9 Å². The zero-order valence-corrected chi connectivity index (χ0v) is 11.6. The summed E-state index contributed by atoms with van der Waals surface area (Å²) in [6.45, 7) is 1.98. The van der Waals surface area contributed by atoms with Gasteiger partial charge in [-0.1, -0.05) is 29.4 Å². The number of nitrogens with one attached hydrogen (secondary N) is 1. The third-order valence-corrected chi connectivity index (χ3v) is 3.92. The lowest BCUT2D eigenvalue weighted by atomic mass is 10.00. The quantitative estimate of drug-likeness (QED) is 0.782. The van der Waals surface area contributed by atoms with Crippen LogP contribution in [0.4, 0.5) is 0 Å². The minimum absolute atomic E-state index is 0.320. The number of pyridine rings is 1. The highest BCUT2D eigenvalue weighted by Crippen LogP contribution is 2.24. The highest BCUT2D eigenvalue weighted by atomic mass is 16.5. The van der Waals surface area contributed by atoms with E-state index in [9.17, 15) is 0 Å². The summed E-state index contributed by atoms with van der Waals surface area (Å²) in [6.07, 6.45) is 2.25. The second-order valence-electron chi connectivity index (χ2n) is 5.39. The Bertz CT molecular complexity index is 762. The van der Waals surface area contributed by atoms with Gasteiger partial charge in [0.15, 0.2) is 0 Å². The molecule has 3 heterocycles. The molecule has 1 atom stereocenters. The van der Waals surface area contributed by atoms with Gasteiger partial charge >= 0.3 is 0 Å². The van der Waals surface area contributed by atoms with E-state index in [4.69, 9.17) is 4.52 Å². The van der Waals surface area contributed by atoms with Crippen LogP contribution in [0.15, 0.2) is 40.9 Å². The molecular weight excluding hydrogens is 264 g/mol. The van der Waals surface area contributed by atoms with Crippen molar-refractivity contribution in [2.75, 3.05) is 13.1 Å². The van der Waals surface area contributed by atoms with Gasteiger partial charge in [0.25, 0.3) is 0 Å². The molecule has 2 aromatic heterocycles. The standard InChI is InChI=1S/C16H16N4O/c1-2-6-13-11(4-1)7-8-14(18-13)15-19-16(21-20-15)12-5-3-9-17-10-12/h1-2,4,6-8,12,17H,3,5,9-10H2/t12-/m0/s1. The molecule has 1 saturated heterocycles. The molecule has 0 radical (unpaired) electrons. The number of benzene rings is 1. The lowest BCUT2D eigenvalue weighted by Gasteiger charge is -2.18. The molecule has 1 N–H and O–H groups in total. The van der Waals surface area contributed by atoms with E-state index in [1.807, 2.05) is 36.4 Å². The molecule has 1 aliphatic heterocycles. The fourth-order valence-corrected chi connectivity index (χ4v) is 2.76. The van der Waals surface area contributed by atoms with Gasteiger partial charge in [0.2, 0.25) is 11.7 Å². The Morgan fingerprint density at radius 2 is 2.05 bits per heavy atom. The lowest BCUT2D eigenvalue weighted by Crippen LogP contribution is -2.28. The van der Waals surface area contributed by atoms with E-state index in [1.165, 1.54) is 0 Å². The van der Waals surface area contributed by atoms with E-state index >= 15 is 0 Å². The van der Waals surface area contributed by atoms with E-state index in [-0.39, 0.29) is 0 Å². The van der Waals surface area contributed by atoms with Crippen LogP contribution in [0.5, 0.6) is 0 Å². The largest absolute Gasteiger partial charge is 0.339 e. The summed E-state index contributed by atoms with van der Waals surface area (Å²) in [7, 11) is 0. The molecule has 5 nitrogen and oxygen atoms in total. The molecule has 0 unspecified atom stereocenters. The molecule has 0 saturated carbocycles. The lowest BCUT2D eigenvalue weighted by molar-refractivity contribution is 0.322. The van der Waals surface area contributed by atoms with Gasteiger partial charge in [0, 0.05) is 11.9 Å². The summed E-state index contributed by atoms with van der Waals surface area (Å²) in [5.74, 6) is 1.61. The van der Waals surface area contributed by atoms with Gasteiger partial charge in [-0.25, -0.2) is 4.98 Å². The number of para-hydroxylation sites is 1. The van der Waals surface area contributed by atoms with Crippen molar-refractivity contribution in [2.45, 2.75) is 18.8 Å². The van der Waals surface area contributed by atoms with Crippen molar-refractivity contribution in [3.63, 3.8) is 0 Å². The van der Waals surface area contributed by atoms with Crippen molar-refractivity contribution in [3.8, 4) is 11.5 Å². The Morgan fingerprint density at radius 1 is 1.10 bits per heavy atom. The van der Waals surface area contributed by atoms with Crippen LogP contribution in [-0.4, -0.2) is 28.2 Å². The second kappa shape index (κ2) is 5.26. The minimum atomic E-state index is 0.320. The monoisotopic (exact) mass is 280 g/mol. The average Bonchev–Trinajstić information content (AvgIpc) is 3.05. The van der Waals surface area contributed by atoms with E-state index in [2.05, 4.69) is 20.4 Å². The van der Waals surface area contributed by atoms with Crippen LogP contribution >= 0.6 is 0 Å². The number of nitrogens with zero attached hydrogens (tertiary/aromatic N) is 3. The number of aromatic nitrogens is 3. The van der Waals surface area contributed by atoms with E-state index in [1.54, 1.807) is 0 Å². The van der Waals surface area contributed by atoms with Crippen molar-refractivity contribution in [3.05, 3.63) is 42.3 Å². The van der Waals surface area contributed by atoms with Gasteiger partial charge in [0.05, 0.1) is 11.4 Å². The second-order valence-corrected chi connectivity index (χ2v) is 5.39. The van der Waals surface area contributed by atoms with Crippen molar-refractivity contribution in [1.82, 2.24) is 20.4 Å². The maximum Gasteiger partial charge on any atom is 0.231 e. The van der Waals surface area contributed by atoms with Gasteiger partial charge in [-0.3, -0.25) is 0 Å². The molecule has 1 aliphatic rings. The smallest absolute Gasteiger partial charge is 0.231 e. The van der Waals surface area contributed by atoms with E-state index < -0.39 is 0 Å². The summed E-state index contributed by atoms with van der Waals surface area (Å²) in [5, 5.41) is 8.57. The summed E-state index contributed by atoms with van der Waals surface area (Å²) in [5.41, 5.74) is 1.70. The van der Waals surface area contributed by atoms with Crippen LogP contribution in [0.25, 0.3) is 22.4 Å². The summed E-state index contributed by atoms with van der Waals surface area (Å²) in [4.78, 5) is 9.13. The van der Waals surface area contributed by atoms with Crippen LogP contribution in [0.3, 0.4) is 0 Å². The zero-order chi connectivity index (χ0) is 14.1. The molecule has 21 heavy (non-hydrogen) atoms. The average molecular weight is 280 g/mol. The van der Waals surface area contributed by atoms with Crippen LogP contribution in [-0.2, 0) is 0 Å².